The van der Waals surface area contributed by atoms with E-state index in [4.69, 9.17) is 0 Å². The predicted molar refractivity (Wildman–Crippen MR) is 96.5 cm³/mol. The average molecular weight is 398 g/mol. The molecule has 0 fully saturated rings. The fourth-order valence-electron chi connectivity index (χ4n) is 2.10. The van der Waals surface area contributed by atoms with Gasteiger partial charge in [-0.2, -0.15) is 13.2 Å². The van der Waals surface area contributed by atoms with E-state index in [-0.39, 0.29) is 4.90 Å². The summed E-state index contributed by atoms with van der Waals surface area (Å²) < 4.78 is 61.5. The van der Waals surface area contributed by atoms with Gasteiger partial charge >= 0.3 is 6.18 Å². The summed E-state index contributed by atoms with van der Waals surface area (Å²) in [4.78, 5) is 11.6. The second-order valence-electron chi connectivity index (χ2n) is 5.64. The van der Waals surface area contributed by atoms with Crippen LogP contribution in [0.25, 0.3) is 6.08 Å². The van der Waals surface area contributed by atoms with Gasteiger partial charge in [0.2, 0.25) is 15.9 Å². The van der Waals surface area contributed by atoms with Crippen LogP contribution in [0.15, 0.2) is 59.5 Å². The molecule has 144 valence electrons. The molecule has 0 aliphatic heterocycles. The highest BCUT2D eigenvalue weighted by atomic mass is 32.2. The van der Waals surface area contributed by atoms with Crippen molar-refractivity contribution in [2.24, 2.45) is 0 Å². The van der Waals surface area contributed by atoms with E-state index < -0.39 is 28.7 Å². The first kappa shape index (κ1) is 20.7. The number of carbonyl (C=O) groups excluding carboxylic acids is 1. The van der Waals surface area contributed by atoms with Crippen molar-refractivity contribution in [1.82, 2.24) is 4.72 Å². The lowest BCUT2D eigenvalue weighted by atomic mass is 10.1. The molecule has 0 aromatic heterocycles. The van der Waals surface area contributed by atoms with Gasteiger partial charge in [0.05, 0.1) is 4.90 Å². The van der Waals surface area contributed by atoms with Crippen LogP contribution in [0.5, 0.6) is 0 Å². The van der Waals surface area contributed by atoms with Gasteiger partial charge in [0, 0.05) is 11.8 Å². The third-order valence-electron chi connectivity index (χ3n) is 3.50. The van der Waals surface area contributed by atoms with Crippen LogP contribution in [0.3, 0.4) is 0 Å². The van der Waals surface area contributed by atoms with Crippen LogP contribution in [0.4, 0.5) is 18.9 Å². The number of hydrogen-bond acceptors (Lipinski definition) is 3. The van der Waals surface area contributed by atoms with Crippen molar-refractivity contribution in [2.75, 3.05) is 11.9 Å². The monoisotopic (exact) mass is 398 g/mol. The van der Waals surface area contributed by atoms with E-state index >= 15 is 0 Å². The van der Waals surface area contributed by atoms with E-state index in [1.807, 2.05) is 31.2 Å². The predicted octanol–water partition coefficient (Wildman–Crippen LogP) is 3.49. The van der Waals surface area contributed by atoms with E-state index in [9.17, 15) is 26.4 Å². The van der Waals surface area contributed by atoms with Gasteiger partial charge in [0.15, 0.2) is 0 Å². The van der Waals surface area contributed by atoms with Crippen molar-refractivity contribution in [1.29, 1.82) is 0 Å². The number of halogens is 3. The summed E-state index contributed by atoms with van der Waals surface area (Å²) in [7, 11) is -4.29. The van der Waals surface area contributed by atoms with E-state index in [0.29, 0.717) is 5.69 Å². The first-order valence-electron chi connectivity index (χ1n) is 7.78. The van der Waals surface area contributed by atoms with Crippen LogP contribution in [0, 0.1) is 6.92 Å². The van der Waals surface area contributed by atoms with Gasteiger partial charge in [-0.25, -0.2) is 13.1 Å². The zero-order valence-corrected chi connectivity index (χ0v) is 15.1. The number of sulfonamides is 1. The van der Waals surface area contributed by atoms with Gasteiger partial charge in [-0.05, 0) is 48.4 Å². The number of nitrogens with one attached hydrogen (secondary N) is 2. The standard InChI is InChI=1S/C18H17F3N2O3S/c1-13-4-2-3-5-14(13)6-11-17(24)23-15-7-9-16(10-8-15)27(25,26)22-12-18(19,20)21/h2-11,22H,12H2,1H3,(H,23,24)/b11-6+. The summed E-state index contributed by atoms with van der Waals surface area (Å²) in [5.74, 6) is -0.427. The third kappa shape index (κ3) is 6.54. The molecule has 0 atom stereocenters. The minimum atomic E-state index is -4.65. The Kier molecular flexibility index (Phi) is 6.40. The van der Waals surface area contributed by atoms with Crippen LogP contribution in [0.2, 0.25) is 0 Å². The lowest BCUT2D eigenvalue weighted by Gasteiger charge is -2.10. The molecule has 1 amide bonds. The Balaban J connectivity index is 2.01. The SMILES string of the molecule is Cc1ccccc1/C=C/C(=O)Nc1ccc(S(=O)(=O)NCC(F)(F)F)cc1. The van der Waals surface area contributed by atoms with Gasteiger partial charge in [0.25, 0.3) is 0 Å². The smallest absolute Gasteiger partial charge is 0.323 e. The number of aryl methyl sites for hydroxylation is 1. The van der Waals surface area contributed by atoms with E-state index in [1.165, 1.54) is 22.9 Å². The van der Waals surface area contributed by atoms with Crippen LogP contribution in [-0.4, -0.2) is 27.0 Å². The Morgan fingerprint density at radius 3 is 2.30 bits per heavy atom. The molecule has 0 aliphatic rings. The second kappa shape index (κ2) is 8.36. The lowest BCUT2D eigenvalue weighted by molar-refractivity contribution is -0.121. The van der Waals surface area contributed by atoms with E-state index in [2.05, 4.69) is 5.32 Å². The van der Waals surface area contributed by atoms with Crippen molar-refractivity contribution in [3.63, 3.8) is 0 Å². The van der Waals surface area contributed by atoms with Crippen molar-refractivity contribution in [2.45, 2.75) is 18.0 Å². The molecule has 2 aromatic rings. The van der Waals surface area contributed by atoms with Crippen molar-refractivity contribution in [3.8, 4) is 0 Å². The van der Waals surface area contributed by atoms with Gasteiger partial charge in [-0.3, -0.25) is 4.79 Å². The number of carbonyl (C=O) groups is 1. The molecule has 2 rings (SSSR count). The van der Waals surface area contributed by atoms with Crippen LogP contribution >= 0.6 is 0 Å². The highest BCUT2D eigenvalue weighted by Gasteiger charge is 2.30. The molecule has 27 heavy (non-hydrogen) atoms. The molecule has 9 heteroatoms. The zero-order valence-electron chi connectivity index (χ0n) is 14.2. The molecule has 2 aromatic carbocycles. The number of rotatable bonds is 6. The molecule has 0 saturated carbocycles. The molecule has 0 saturated heterocycles. The number of anilines is 1. The van der Waals surface area contributed by atoms with Gasteiger partial charge < -0.3 is 5.32 Å². The molecule has 0 aliphatic carbocycles. The molecule has 0 bridgehead atoms. The number of hydrogen-bond donors (Lipinski definition) is 2. The molecule has 0 radical (unpaired) electrons. The summed E-state index contributed by atoms with van der Waals surface area (Å²) >= 11 is 0. The summed E-state index contributed by atoms with van der Waals surface area (Å²) in [5.41, 5.74) is 2.19. The van der Waals surface area contributed by atoms with Crippen LogP contribution in [0.1, 0.15) is 11.1 Å². The normalized spacial score (nSPS) is 12.3. The van der Waals surface area contributed by atoms with Gasteiger partial charge in [-0.15, -0.1) is 0 Å². The Bertz CT molecular complexity index is 937. The molecule has 5 nitrogen and oxygen atoms in total. The topological polar surface area (TPSA) is 75.3 Å². The maximum absolute atomic E-state index is 12.1. The Morgan fingerprint density at radius 2 is 1.70 bits per heavy atom. The zero-order chi connectivity index (χ0) is 20.1. The van der Waals surface area contributed by atoms with Crippen molar-refractivity contribution in [3.05, 3.63) is 65.7 Å². The van der Waals surface area contributed by atoms with Crippen LogP contribution in [-0.2, 0) is 14.8 Å². The number of benzene rings is 2. The number of alkyl halides is 3. The largest absolute Gasteiger partial charge is 0.402 e. The van der Waals surface area contributed by atoms with Crippen molar-refractivity contribution >= 4 is 27.7 Å². The summed E-state index contributed by atoms with van der Waals surface area (Å²) in [6.45, 7) is 0.251. The first-order chi connectivity index (χ1) is 12.6. The summed E-state index contributed by atoms with van der Waals surface area (Å²) in [5, 5.41) is 2.55. The third-order valence-corrected chi connectivity index (χ3v) is 4.91. The fraction of sp³-hybridized carbons (Fsp3) is 0.167. The minimum Gasteiger partial charge on any atom is -0.323 e. The highest BCUT2D eigenvalue weighted by Crippen LogP contribution is 2.17. The summed E-state index contributed by atoms with van der Waals surface area (Å²) in [6.07, 6.45) is -1.67. The Hall–Kier alpha value is -2.65. The summed E-state index contributed by atoms with van der Waals surface area (Å²) in [6, 6.07) is 12.3. The quantitative estimate of drug-likeness (QED) is 0.732. The minimum absolute atomic E-state index is 0.309. The molecular formula is C18H17F3N2O3S. The highest BCUT2D eigenvalue weighted by molar-refractivity contribution is 7.89. The molecule has 2 N–H and O–H groups in total. The van der Waals surface area contributed by atoms with Crippen molar-refractivity contribution < 1.29 is 26.4 Å². The average Bonchev–Trinajstić information content (AvgIpc) is 2.59. The molecule has 0 spiro atoms. The van der Waals surface area contributed by atoms with Gasteiger partial charge in [-0.1, -0.05) is 24.3 Å². The van der Waals surface area contributed by atoms with E-state index in [1.54, 1.807) is 6.08 Å². The maximum Gasteiger partial charge on any atom is 0.402 e. The number of amides is 1. The van der Waals surface area contributed by atoms with Crippen LogP contribution < -0.4 is 10.0 Å². The van der Waals surface area contributed by atoms with E-state index in [0.717, 1.165) is 23.3 Å². The second-order valence-corrected chi connectivity index (χ2v) is 7.41. The Labute approximate surface area is 155 Å². The maximum atomic E-state index is 12.1. The fourth-order valence-corrected chi connectivity index (χ4v) is 3.12. The first-order valence-corrected chi connectivity index (χ1v) is 9.26. The molecule has 0 heterocycles. The Morgan fingerprint density at radius 1 is 1.07 bits per heavy atom. The van der Waals surface area contributed by atoms with Gasteiger partial charge in [0.1, 0.15) is 6.54 Å². The lowest BCUT2D eigenvalue weighted by Crippen LogP contribution is -2.33. The molecule has 0 unspecified atom stereocenters. The molecular weight excluding hydrogens is 381 g/mol.